The van der Waals surface area contributed by atoms with Crippen LogP contribution in [0.2, 0.25) is 0 Å². The van der Waals surface area contributed by atoms with Crippen molar-refractivity contribution in [1.29, 1.82) is 0 Å². The summed E-state index contributed by atoms with van der Waals surface area (Å²) in [5.41, 5.74) is 0.393. The highest BCUT2D eigenvalue weighted by molar-refractivity contribution is 5.34. The zero-order valence-electron chi connectivity index (χ0n) is 10.8. The number of hydrogen-bond donors (Lipinski definition) is 0. The molecule has 0 aromatic carbocycles. The number of rotatable bonds is 0. The molecule has 0 amide bonds. The second-order valence-electron chi connectivity index (χ2n) is 5.35. The third-order valence-corrected chi connectivity index (χ3v) is 3.97. The van der Waals surface area contributed by atoms with Crippen LogP contribution in [-0.4, -0.2) is 12.4 Å². The molecule has 3 rings (SSSR count). The summed E-state index contributed by atoms with van der Waals surface area (Å²) < 4.78 is 17.0. The van der Waals surface area contributed by atoms with Gasteiger partial charge in [0.15, 0.2) is 0 Å². The van der Waals surface area contributed by atoms with E-state index in [1.165, 1.54) is 0 Å². The summed E-state index contributed by atoms with van der Waals surface area (Å²) in [6.07, 6.45) is 3.90. The van der Waals surface area contributed by atoms with Gasteiger partial charge in [-0.25, -0.2) is 4.79 Å². The molecular formula is C14H18O4. The Labute approximate surface area is 106 Å². The fourth-order valence-corrected chi connectivity index (χ4v) is 2.90. The van der Waals surface area contributed by atoms with Crippen molar-refractivity contribution in [2.75, 3.05) is 6.61 Å². The molecule has 1 aromatic rings. The highest BCUT2D eigenvalue weighted by Gasteiger charge is 2.43. The monoisotopic (exact) mass is 250 g/mol. The molecule has 0 spiro atoms. The van der Waals surface area contributed by atoms with Crippen LogP contribution in [0.4, 0.5) is 0 Å². The zero-order chi connectivity index (χ0) is 12.8. The first-order chi connectivity index (χ1) is 8.58. The Balaban J connectivity index is 2.04. The van der Waals surface area contributed by atoms with Crippen molar-refractivity contribution in [2.45, 2.75) is 45.3 Å². The summed E-state index contributed by atoms with van der Waals surface area (Å²) in [5, 5.41) is 0. The summed E-state index contributed by atoms with van der Waals surface area (Å²) in [7, 11) is 0. The lowest BCUT2D eigenvalue weighted by Gasteiger charge is -2.40. The summed E-state index contributed by atoms with van der Waals surface area (Å²) in [6, 6.07) is 1.78. The van der Waals surface area contributed by atoms with E-state index in [-0.39, 0.29) is 11.5 Å². The van der Waals surface area contributed by atoms with Crippen LogP contribution in [-0.2, 0) is 11.2 Å². The number of fused-ring (bicyclic) bond motifs is 2. The van der Waals surface area contributed by atoms with E-state index in [4.69, 9.17) is 13.9 Å². The van der Waals surface area contributed by atoms with Crippen LogP contribution in [0.15, 0.2) is 15.3 Å². The average molecular weight is 250 g/mol. The van der Waals surface area contributed by atoms with Crippen molar-refractivity contribution in [3.8, 4) is 5.75 Å². The molecule has 0 bridgehead atoms. The van der Waals surface area contributed by atoms with E-state index < -0.39 is 5.79 Å². The van der Waals surface area contributed by atoms with Crippen molar-refractivity contribution in [3.63, 3.8) is 0 Å². The highest BCUT2D eigenvalue weighted by Crippen LogP contribution is 2.40. The second kappa shape index (κ2) is 4.12. The van der Waals surface area contributed by atoms with Gasteiger partial charge in [0.25, 0.3) is 0 Å². The molecule has 98 valence electrons. The predicted molar refractivity (Wildman–Crippen MR) is 65.7 cm³/mol. The lowest BCUT2D eigenvalue weighted by Crippen LogP contribution is -2.47. The van der Waals surface area contributed by atoms with Gasteiger partial charge in [0, 0.05) is 18.9 Å². The van der Waals surface area contributed by atoms with E-state index in [1.54, 1.807) is 13.0 Å². The molecule has 0 aliphatic carbocycles. The minimum absolute atomic E-state index is 0.234. The molecule has 3 heterocycles. The Kier molecular flexibility index (Phi) is 2.70. The molecule has 1 aromatic heterocycles. The van der Waals surface area contributed by atoms with Gasteiger partial charge in [-0.2, -0.15) is 0 Å². The smallest absolute Gasteiger partial charge is 0.342 e. The third kappa shape index (κ3) is 1.85. The van der Waals surface area contributed by atoms with Crippen molar-refractivity contribution in [3.05, 3.63) is 27.8 Å². The molecule has 4 heteroatoms. The number of aryl methyl sites for hydroxylation is 1. The van der Waals surface area contributed by atoms with E-state index in [9.17, 15) is 4.79 Å². The molecule has 0 saturated carbocycles. The van der Waals surface area contributed by atoms with Crippen LogP contribution >= 0.6 is 0 Å². The molecule has 2 aliphatic rings. The second-order valence-corrected chi connectivity index (χ2v) is 5.35. The van der Waals surface area contributed by atoms with Crippen molar-refractivity contribution < 1.29 is 13.9 Å². The average Bonchev–Trinajstić information content (AvgIpc) is 2.47. The Hall–Kier alpha value is -1.29. The highest BCUT2D eigenvalue weighted by atomic mass is 16.7. The van der Waals surface area contributed by atoms with Gasteiger partial charge in [-0.05, 0) is 26.2 Å². The summed E-state index contributed by atoms with van der Waals surface area (Å²) in [4.78, 5) is 11.9. The predicted octanol–water partition coefficient (Wildman–Crippen LogP) is 2.42. The summed E-state index contributed by atoms with van der Waals surface area (Å²) in [6.45, 7) is 4.46. The first-order valence-corrected chi connectivity index (χ1v) is 6.55. The first-order valence-electron chi connectivity index (χ1n) is 6.55. The Morgan fingerprint density at radius 3 is 3.06 bits per heavy atom. The van der Waals surface area contributed by atoms with Gasteiger partial charge in [0.2, 0.25) is 5.79 Å². The topological polar surface area (TPSA) is 48.7 Å². The molecule has 0 N–H and O–H groups in total. The normalized spacial score (nSPS) is 30.9. The van der Waals surface area contributed by atoms with Gasteiger partial charge in [-0.15, -0.1) is 0 Å². The Morgan fingerprint density at radius 1 is 1.39 bits per heavy atom. The number of hydrogen-bond acceptors (Lipinski definition) is 4. The van der Waals surface area contributed by atoms with Gasteiger partial charge >= 0.3 is 5.63 Å². The van der Waals surface area contributed by atoms with Crippen LogP contribution < -0.4 is 10.4 Å². The maximum absolute atomic E-state index is 11.9. The molecule has 0 unspecified atom stereocenters. The van der Waals surface area contributed by atoms with E-state index >= 15 is 0 Å². The minimum atomic E-state index is -0.594. The van der Waals surface area contributed by atoms with Crippen LogP contribution in [0, 0.1) is 12.8 Å². The fourth-order valence-electron chi connectivity index (χ4n) is 2.90. The minimum Gasteiger partial charge on any atom is -0.462 e. The maximum Gasteiger partial charge on any atom is 0.342 e. The quantitative estimate of drug-likeness (QED) is 0.709. The van der Waals surface area contributed by atoms with Gasteiger partial charge in [-0.3, -0.25) is 0 Å². The lowest BCUT2D eigenvalue weighted by molar-refractivity contribution is -0.206. The van der Waals surface area contributed by atoms with Crippen LogP contribution in [0.1, 0.15) is 37.5 Å². The molecule has 4 nitrogen and oxygen atoms in total. The van der Waals surface area contributed by atoms with Crippen molar-refractivity contribution >= 4 is 0 Å². The maximum atomic E-state index is 11.9. The van der Waals surface area contributed by atoms with E-state index in [1.807, 2.05) is 6.92 Å². The molecular weight excluding hydrogens is 232 g/mol. The largest absolute Gasteiger partial charge is 0.462 e. The Bertz CT molecular complexity index is 519. The van der Waals surface area contributed by atoms with Gasteiger partial charge < -0.3 is 13.9 Å². The van der Waals surface area contributed by atoms with Crippen molar-refractivity contribution in [2.24, 2.45) is 5.92 Å². The summed E-state index contributed by atoms with van der Waals surface area (Å²) >= 11 is 0. The molecule has 1 saturated heterocycles. The van der Waals surface area contributed by atoms with E-state index in [0.717, 1.165) is 25.9 Å². The van der Waals surface area contributed by atoms with Crippen LogP contribution in [0.5, 0.6) is 5.75 Å². The van der Waals surface area contributed by atoms with E-state index in [0.29, 0.717) is 23.5 Å². The fraction of sp³-hybridized carbons (Fsp3) is 0.643. The van der Waals surface area contributed by atoms with Gasteiger partial charge in [0.1, 0.15) is 11.5 Å². The molecule has 1 fully saturated rings. The van der Waals surface area contributed by atoms with E-state index in [2.05, 4.69) is 0 Å². The molecule has 18 heavy (non-hydrogen) atoms. The summed E-state index contributed by atoms with van der Waals surface area (Å²) in [5.74, 6) is 0.848. The molecule has 2 atom stereocenters. The standard InChI is InChI=1S/C14H18O4/c1-9-7-12-11(13(15)17-9)8-10-5-3-4-6-16-14(10,2)18-12/h7,10H,3-6,8H2,1-2H3/t10-,14+/m0/s1. The molecule has 0 radical (unpaired) electrons. The zero-order valence-corrected chi connectivity index (χ0v) is 10.8. The SMILES string of the molecule is Cc1cc2c(c(=O)o1)C[C@@H]1CCCCO[C@]1(C)O2. The van der Waals surface area contributed by atoms with Gasteiger partial charge in [-0.1, -0.05) is 6.42 Å². The Morgan fingerprint density at radius 2 is 2.22 bits per heavy atom. The lowest BCUT2D eigenvalue weighted by atomic mass is 9.86. The first kappa shape index (κ1) is 11.8. The van der Waals surface area contributed by atoms with Crippen LogP contribution in [0.25, 0.3) is 0 Å². The van der Waals surface area contributed by atoms with Crippen LogP contribution in [0.3, 0.4) is 0 Å². The molecule has 2 aliphatic heterocycles. The number of ether oxygens (including phenoxy) is 2. The van der Waals surface area contributed by atoms with Crippen molar-refractivity contribution in [1.82, 2.24) is 0 Å². The van der Waals surface area contributed by atoms with Gasteiger partial charge in [0.05, 0.1) is 12.2 Å². The third-order valence-electron chi connectivity index (χ3n) is 3.97.